The Hall–Kier alpha value is -1.63. The number of hydrogen-bond acceptors (Lipinski definition) is 4. The smallest absolute Gasteiger partial charge is 0.319 e. The highest BCUT2D eigenvalue weighted by Gasteiger charge is 2.29. The maximum Gasteiger partial charge on any atom is 0.319 e. The van der Waals surface area contributed by atoms with Crippen molar-refractivity contribution >= 4 is 6.03 Å². The molecule has 1 saturated heterocycles. The maximum absolute atomic E-state index is 12.0. The van der Waals surface area contributed by atoms with Crippen LogP contribution in [-0.4, -0.2) is 57.8 Å². The minimum absolute atomic E-state index is 0.0368. The van der Waals surface area contributed by atoms with E-state index in [1.165, 1.54) is 6.42 Å². The summed E-state index contributed by atoms with van der Waals surface area (Å²) in [6.07, 6.45) is 2.32. The van der Waals surface area contributed by atoms with Crippen molar-refractivity contribution in [3.8, 4) is 0 Å². The second-order valence-corrected chi connectivity index (χ2v) is 5.37. The predicted molar refractivity (Wildman–Crippen MR) is 69.5 cm³/mol. The number of carbonyl (C=O) groups is 1. The van der Waals surface area contributed by atoms with Gasteiger partial charge in [0.15, 0.2) is 5.82 Å². The van der Waals surface area contributed by atoms with Gasteiger partial charge in [0.05, 0.1) is 12.6 Å². The average Bonchev–Trinajstić information content (AvgIpc) is 3.05. The van der Waals surface area contributed by atoms with E-state index in [2.05, 4.69) is 20.1 Å². The van der Waals surface area contributed by atoms with Crippen molar-refractivity contribution in [3.63, 3.8) is 0 Å². The van der Waals surface area contributed by atoms with E-state index >= 15 is 0 Å². The SMILES string of the molecule is CN(C)C(=O)N1CCn2c(nnc2C2CCCN2)C1. The number of nitrogens with one attached hydrogen (secondary N) is 1. The third-order valence-electron chi connectivity index (χ3n) is 3.81. The molecule has 2 aliphatic heterocycles. The second kappa shape index (κ2) is 4.80. The van der Waals surface area contributed by atoms with Gasteiger partial charge in [-0.2, -0.15) is 0 Å². The van der Waals surface area contributed by atoms with Gasteiger partial charge in [0.25, 0.3) is 0 Å². The Labute approximate surface area is 112 Å². The van der Waals surface area contributed by atoms with E-state index in [0.717, 1.165) is 37.7 Å². The molecule has 0 spiro atoms. The summed E-state index contributed by atoms with van der Waals surface area (Å²) < 4.78 is 2.17. The van der Waals surface area contributed by atoms with E-state index in [1.54, 1.807) is 19.0 Å². The van der Waals surface area contributed by atoms with Gasteiger partial charge in [-0.15, -0.1) is 10.2 Å². The number of nitrogens with zero attached hydrogens (tertiary/aromatic N) is 5. The van der Waals surface area contributed by atoms with Crippen LogP contribution in [0.4, 0.5) is 4.79 Å². The van der Waals surface area contributed by atoms with Crippen molar-refractivity contribution in [3.05, 3.63) is 11.6 Å². The number of hydrogen-bond donors (Lipinski definition) is 1. The van der Waals surface area contributed by atoms with Crippen molar-refractivity contribution in [1.82, 2.24) is 29.9 Å². The fourth-order valence-corrected chi connectivity index (χ4v) is 2.79. The van der Waals surface area contributed by atoms with Crippen LogP contribution in [0, 0.1) is 0 Å². The summed E-state index contributed by atoms with van der Waals surface area (Å²) >= 11 is 0. The Kier molecular flexibility index (Phi) is 3.14. The van der Waals surface area contributed by atoms with Gasteiger partial charge < -0.3 is 19.7 Å². The van der Waals surface area contributed by atoms with Gasteiger partial charge in [-0.1, -0.05) is 0 Å². The van der Waals surface area contributed by atoms with E-state index in [0.29, 0.717) is 12.6 Å². The summed E-state index contributed by atoms with van der Waals surface area (Å²) in [4.78, 5) is 15.4. The first-order valence-corrected chi connectivity index (χ1v) is 6.78. The quantitative estimate of drug-likeness (QED) is 0.787. The van der Waals surface area contributed by atoms with Crippen LogP contribution in [0.25, 0.3) is 0 Å². The molecule has 1 unspecified atom stereocenters. The summed E-state index contributed by atoms with van der Waals surface area (Å²) in [5.41, 5.74) is 0. The van der Waals surface area contributed by atoms with Crippen LogP contribution in [0.1, 0.15) is 30.5 Å². The van der Waals surface area contributed by atoms with Crippen LogP contribution < -0.4 is 5.32 Å². The molecule has 2 aliphatic rings. The molecular weight excluding hydrogens is 244 g/mol. The normalized spacial score (nSPS) is 22.4. The Morgan fingerprint density at radius 3 is 2.89 bits per heavy atom. The molecule has 3 heterocycles. The zero-order chi connectivity index (χ0) is 13.4. The van der Waals surface area contributed by atoms with Crippen molar-refractivity contribution in [1.29, 1.82) is 0 Å². The molecule has 0 radical (unpaired) electrons. The Morgan fingerprint density at radius 2 is 2.21 bits per heavy atom. The monoisotopic (exact) mass is 264 g/mol. The lowest BCUT2D eigenvalue weighted by molar-refractivity contribution is 0.156. The molecule has 1 N–H and O–H groups in total. The Balaban J connectivity index is 1.78. The van der Waals surface area contributed by atoms with Gasteiger partial charge in [-0.25, -0.2) is 4.79 Å². The van der Waals surface area contributed by atoms with E-state index in [9.17, 15) is 4.79 Å². The molecule has 2 amide bonds. The van der Waals surface area contributed by atoms with Gasteiger partial charge >= 0.3 is 6.03 Å². The van der Waals surface area contributed by atoms with Gasteiger partial charge in [-0.3, -0.25) is 0 Å². The number of fused-ring (bicyclic) bond motifs is 1. The maximum atomic E-state index is 12.0. The highest BCUT2D eigenvalue weighted by Crippen LogP contribution is 2.24. The molecule has 0 saturated carbocycles. The summed E-state index contributed by atoms with van der Waals surface area (Å²) in [6.45, 7) is 3.12. The zero-order valence-corrected chi connectivity index (χ0v) is 11.5. The molecule has 0 bridgehead atoms. The lowest BCUT2D eigenvalue weighted by Gasteiger charge is -2.30. The molecule has 7 nitrogen and oxygen atoms in total. The molecule has 1 aromatic rings. The molecule has 0 aromatic carbocycles. The van der Waals surface area contributed by atoms with Crippen molar-refractivity contribution < 1.29 is 4.79 Å². The molecule has 1 aromatic heterocycles. The van der Waals surface area contributed by atoms with Crippen LogP contribution in [0.2, 0.25) is 0 Å². The number of urea groups is 1. The van der Waals surface area contributed by atoms with Crippen LogP contribution >= 0.6 is 0 Å². The van der Waals surface area contributed by atoms with E-state index in [1.807, 2.05) is 4.90 Å². The number of carbonyl (C=O) groups excluding carboxylic acids is 1. The summed E-state index contributed by atoms with van der Waals surface area (Å²) in [6, 6.07) is 0.368. The number of amides is 2. The number of rotatable bonds is 1. The minimum Gasteiger partial charge on any atom is -0.331 e. The van der Waals surface area contributed by atoms with Gasteiger partial charge in [0.2, 0.25) is 0 Å². The summed E-state index contributed by atoms with van der Waals surface area (Å²) in [5.74, 6) is 1.93. The van der Waals surface area contributed by atoms with Crippen molar-refractivity contribution in [2.45, 2.75) is 32.0 Å². The third kappa shape index (κ3) is 2.18. The lowest BCUT2D eigenvalue weighted by Crippen LogP contribution is -2.44. The summed E-state index contributed by atoms with van der Waals surface area (Å²) in [7, 11) is 3.55. The predicted octanol–water partition coefficient (Wildman–Crippen LogP) is 0.200. The topological polar surface area (TPSA) is 66.3 Å². The molecule has 1 atom stereocenters. The fraction of sp³-hybridized carbons (Fsp3) is 0.750. The highest BCUT2D eigenvalue weighted by atomic mass is 16.2. The minimum atomic E-state index is 0.0368. The molecule has 3 rings (SSSR count). The first kappa shape index (κ1) is 12.4. The molecule has 7 heteroatoms. The Bertz CT molecular complexity index is 477. The first-order chi connectivity index (χ1) is 9.16. The van der Waals surface area contributed by atoms with Gasteiger partial charge in [0.1, 0.15) is 5.82 Å². The van der Waals surface area contributed by atoms with Crippen molar-refractivity contribution in [2.75, 3.05) is 27.2 Å². The van der Waals surface area contributed by atoms with Crippen LogP contribution in [-0.2, 0) is 13.1 Å². The molecule has 19 heavy (non-hydrogen) atoms. The average molecular weight is 264 g/mol. The Morgan fingerprint density at radius 1 is 1.37 bits per heavy atom. The lowest BCUT2D eigenvalue weighted by atomic mass is 10.2. The van der Waals surface area contributed by atoms with E-state index in [-0.39, 0.29) is 6.03 Å². The van der Waals surface area contributed by atoms with Crippen LogP contribution in [0.3, 0.4) is 0 Å². The van der Waals surface area contributed by atoms with Gasteiger partial charge in [0, 0.05) is 27.2 Å². The van der Waals surface area contributed by atoms with Crippen LogP contribution in [0.5, 0.6) is 0 Å². The van der Waals surface area contributed by atoms with Gasteiger partial charge in [-0.05, 0) is 19.4 Å². The molecule has 1 fully saturated rings. The first-order valence-electron chi connectivity index (χ1n) is 6.78. The number of aromatic nitrogens is 3. The third-order valence-corrected chi connectivity index (χ3v) is 3.81. The second-order valence-electron chi connectivity index (χ2n) is 5.37. The zero-order valence-electron chi connectivity index (χ0n) is 11.5. The van der Waals surface area contributed by atoms with Crippen molar-refractivity contribution in [2.24, 2.45) is 0 Å². The molecular formula is C12H20N6O. The summed E-state index contributed by atoms with van der Waals surface area (Å²) in [5, 5.41) is 12.0. The highest BCUT2D eigenvalue weighted by molar-refractivity contribution is 5.73. The molecule has 104 valence electrons. The standard InChI is InChI=1S/C12H20N6O/c1-16(2)12(19)17-6-7-18-10(8-17)14-15-11(18)9-4-3-5-13-9/h9,13H,3-8H2,1-2H3. The van der Waals surface area contributed by atoms with E-state index in [4.69, 9.17) is 0 Å². The fourth-order valence-electron chi connectivity index (χ4n) is 2.79. The van der Waals surface area contributed by atoms with Crippen LogP contribution in [0.15, 0.2) is 0 Å². The van der Waals surface area contributed by atoms with E-state index < -0.39 is 0 Å². The largest absolute Gasteiger partial charge is 0.331 e. The molecule has 0 aliphatic carbocycles.